The summed E-state index contributed by atoms with van der Waals surface area (Å²) in [5, 5.41) is 2.36. The Morgan fingerprint density at radius 1 is 1.44 bits per heavy atom. The van der Waals surface area contributed by atoms with Crippen LogP contribution < -0.4 is 5.32 Å². The topological polar surface area (TPSA) is 55.4 Å². The zero-order valence-electron chi connectivity index (χ0n) is 9.38. The van der Waals surface area contributed by atoms with Gasteiger partial charge in [0.05, 0.1) is 12.7 Å². The maximum atomic E-state index is 13.3. The number of esters is 1. The fourth-order valence-corrected chi connectivity index (χ4v) is 1.64. The number of carbonyl (C=O) groups is 2. The van der Waals surface area contributed by atoms with Crippen molar-refractivity contribution in [1.82, 2.24) is 5.32 Å². The zero-order valence-corrected chi connectivity index (χ0v) is 11.5. The largest absolute Gasteiger partial charge is 0.468 e. The molecule has 98 valence electrons. The summed E-state index contributed by atoms with van der Waals surface area (Å²) < 4.78 is 29.8. The molecule has 0 aliphatic carbocycles. The highest BCUT2D eigenvalue weighted by molar-refractivity contribution is 14.1. The molecule has 1 N–H and O–H groups in total. The lowest BCUT2D eigenvalue weighted by Crippen LogP contribution is -2.34. The van der Waals surface area contributed by atoms with Gasteiger partial charge in [-0.3, -0.25) is 9.59 Å². The van der Waals surface area contributed by atoms with Crippen molar-refractivity contribution in [2.45, 2.75) is 3.92 Å². The van der Waals surface area contributed by atoms with Gasteiger partial charge in [0.2, 0.25) is 0 Å². The smallest absolute Gasteiger partial charge is 0.320 e. The summed E-state index contributed by atoms with van der Waals surface area (Å²) in [6.45, 7) is 0.00286. The normalized spacial score (nSPS) is 11.8. The number of benzene rings is 1. The molecule has 4 nitrogen and oxygen atoms in total. The summed E-state index contributed by atoms with van der Waals surface area (Å²) >= 11 is 1.79. The van der Waals surface area contributed by atoms with Crippen molar-refractivity contribution in [1.29, 1.82) is 0 Å². The van der Waals surface area contributed by atoms with E-state index in [9.17, 15) is 18.4 Å². The SMILES string of the molecule is COC(=O)C(I)CNC(=O)c1ccc(F)cc1F. The number of ether oxygens (including phenoxy) is 1. The molecular formula is C11H10F2INO3. The van der Waals surface area contributed by atoms with Crippen molar-refractivity contribution in [2.75, 3.05) is 13.7 Å². The highest BCUT2D eigenvalue weighted by Gasteiger charge is 2.18. The second kappa shape index (κ2) is 6.62. The van der Waals surface area contributed by atoms with Crippen LogP contribution in [0, 0.1) is 11.6 Å². The highest BCUT2D eigenvalue weighted by atomic mass is 127. The molecule has 0 saturated carbocycles. The number of hydrogen-bond acceptors (Lipinski definition) is 3. The van der Waals surface area contributed by atoms with Gasteiger partial charge in [0.15, 0.2) is 0 Å². The summed E-state index contributed by atoms with van der Waals surface area (Å²) in [5.41, 5.74) is -0.273. The van der Waals surface area contributed by atoms with E-state index in [1.165, 1.54) is 7.11 Å². The van der Waals surface area contributed by atoms with Crippen LogP contribution in [0.3, 0.4) is 0 Å². The van der Waals surface area contributed by atoms with Gasteiger partial charge in [0.1, 0.15) is 15.6 Å². The van der Waals surface area contributed by atoms with Gasteiger partial charge in [-0.1, -0.05) is 22.6 Å². The Kier molecular flexibility index (Phi) is 5.45. The minimum absolute atomic E-state index is 0.00286. The van der Waals surface area contributed by atoms with E-state index in [2.05, 4.69) is 10.1 Å². The maximum Gasteiger partial charge on any atom is 0.320 e. The Bertz CT molecular complexity index is 468. The second-order valence-corrected chi connectivity index (χ2v) is 4.83. The number of nitrogens with one attached hydrogen (secondary N) is 1. The summed E-state index contributed by atoms with van der Waals surface area (Å²) in [5.74, 6) is -2.91. The molecule has 1 amide bonds. The molecule has 0 bridgehead atoms. The van der Waals surface area contributed by atoms with Crippen LogP contribution in [0.2, 0.25) is 0 Å². The summed E-state index contributed by atoms with van der Waals surface area (Å²) in [6, 6.07) is 2.65. The third-order valence-electron chi connectivity index (χ3n) is 2.07. The third-order valence-corrected chi connectivity index (χ3v) is 3.02. The van der Waals surface area contributed by atoms with Crippen LogP contribution >= 0.6 is 22.6 Å². The molecule has 18 heavy (non-hydrogen) atoms. The predicted molar refractivity (Wildman–Crippen MR) is 68.5 cm³/mol. The first kappa shape index (κ1) is 14.8. The average molecular weight is 369 g/mol. The molecule has 0 aliphatic rings. The Morgan fingerprint density at radius 2 is 2.11 bits per heavy atom. The fraction of sp³-hybridized carbons (Fsp3) is 0.273. The standard InChI is InChI=1S/C11H10F2INO3/c1-18-11(17)9(14)5-15-10(16)7-3-2-6(12)4-8(7)13/h2-4,9H,5H2,1H3,(H,15,16). The molecule has 1 aromatic rings. The molecule has 0 spiro atoms. The number of halogens is 3. The molecule has 0 aromatic heterocycles. The number of alkyl halides is 1. The molecule has 0 aliphatic heterocycles. The lowest BCUT2D eigenvalue weighted by atomic mass is 10.2. The third kappa shape index (κ3) is 3.90. The van der Waals surface area contributed by atoms with Gasteiger partial charge in [-0.05, 0) is 12.1 Å². The molecule has 7 heteroatoms. The van der Waals surface area contributed by atoms with Gasteiger partial charge >= 0.3 is 5.97 Å². The van der Waals surface area contributed by atoms with Gasteiger partial charge < -0.3 is 10.1 Å². The first-order chi connectivity index (χ1) is 8.45. The number of amides is 1. The van der Waals surface area contributed by atoms with E-state index in [0.717, 1.165) is 12.1 Å². The van der Waals surface area contributed by atoms with Crippen LogP contribution in [-0.4, -0.2) is 29.5 Å². The molecular weight excluding hydrogens is 359 g/mol. The zero-order chi connectivity index (χ0) is 13.7. The second-order valence-electron chi connectivity index (χ2n) is 3.32. The number of rotatable bonds is 4. The van der Waals surface area contributed by atoms with Crippen molar-refractivity contribution < 1.29 is 23.1 Å². The lowest BCUT2D eigenvalue weighted by Gasteiger charge is -2.09. The minimum Gasteiger partial charge on any atom is -0.468 e. The molecule has 1 unspecified atom stereocenters. The summed E-state index contributed by atoms with van der Waals surface area (Å²) in [4.78, 5) is 22.6. The van der Waals surface area contributed by atoms with Crippen molar-refractivity contribution in [3.05, 3.63) is 35.4 Å². The van der Waals surface area contributed by atoms with Crippen LogP contribution in [0.15, 0.2) is 18.2 Å². The molecule has 0 fully saturated rings. The quantitative estimate of drug-likeness (QED) is 0.499. The van der Waals surface area contributed by atoms with E-state index in [4.69, 9.17) is 0 Å². The lowest BCUT2D eigenvalue weighted by molar-refractivity contribution is -0.139. The molecule has 1 aromatic carbocycles. The van der Waals surface area contributed by atoms with Crippen molar-refractivity contribution in [3.8, 4) is 0 Å². The molecule has 0 heterocycles. The predicted octanol–water partition coefficient (Wildman–Crippen LogP) is 1.67. The maximum absolute atomic E-state index is 13.3. The van der Waals surface area contributed by atoms with E-state index >= 15 is 0 Å². The van der Waals surface area contributed by atoms with Crippen LogP contribution in [0.5, 0.6) is 0 Å². The van der Waals surface area contributed by atoms with Crippen LogP contribution in [0.25, 0.3) is 0 Å². The van der Waals surface area contributed by atoms with E-state index in [0.29, 0.717) is 6.07 Å². The summed E-state index contributed by atoms with van der Waals surface area (Å²) in [6.07, 6.45) is 0. The highest BCUT2D eigenvalue weighted by Crippen LogP contribution is 2.09. The Balaban J connectivity index is 2.63. The van der Waals surface area contributed by atoms with Gasteiger partial charge in [-0.15, -0.1) is 0 Å². The number of methoxy groups -OCH3 is 1. The van der Waals surface area contributed by atoms with E-state index in [1.807, 2.05) is 0 Å². The molecule has 0 radical (unpaired) electrons. The van der Waals surface area contributed by atoms with Gasteiger partial charge in [0.25, 0.3) is 5.91 Å². The minimum atomic E-state index is -0.949. The number of carbonyl (C=O) groups excluding carboxylic acids is 2. The number of hydrogen-bond donors (Lipinski definition) is 1. The molecule has 1 atom stereocenters. The Morgan fingerprint density at radius 3 is 2.67 bits per heavy atom. The van der Waals surface area contributed by atoms with E-state index in [-0.39, 0.29) is 12.1 Å². The van der Waals surface area contributed by atoms with Gasteiger partial charge in [-0.2, -0.15) is 0 Å². The van der Waals surface area contributed by atoms with Crippen molar-refractivity contribution >= 4 is 34.5 Å². The van der Waals surface area contributed by atoms with Crippen molar-refractivity contribution in [3.63, 3.8) is 0 Å². The first-order valence-electron chi connectivity index (χ1n) is 4.91. The molecule has 0 saturated heterocycles. The first-order valence-corrected chi connectivity index (χ1v) is 6.15. The van der Waals surface area contributed by atoms with Gasteiger partial charge in [-0.25, -0.2) is 8.78 Å². The van der Waals surface area contributed by atoms with E-state index < -0.39 is 27.4 Å². The van der Waals surface area contributed by atoms with Crippen LogP contribution in [0.4, 0.5) is 8.78 Å². The van der Waals surface area contributed by atoms with E-state index in [1.54, 1.807) is 22.6 Å². The Hall–Kier alpha value is -1.25. The fourth-order valence-electron chi connectivity index (χ4n) is 1.16. The van der Waals surface area contributed by atoms with Crippen LogP contribution in [0.1, 0.15) is 10.4 Å². The van der Waals surface area contributed by atoms with Gasteiger partial charge in [0, 0.05) is 12.6 Å². The van der Waals surface area contributed by atoms with Crippen molar-refractivity contribution in [2.24, 2.45) is 0 Å². The summed E-state index contributed by atoms with van der Waals surface area (Å²) in [7, 11) is 1.23. The van der Waals surface area contributed by atoms with Crippen LogP contribution in [-0.2, 0) is 9.53 Å². The monoisotopic (exact) mass is 369 g/mol. The Labute approximate surface area is 116 Å². The average Bonchev–Trinajstić information content (AvgIpc) is 2.34. The molecule has 1 rings (SSSR count).